The van der Waals surface area contributed by atoms with Crippen molar-refractivity contribution >= 4 is 11.3 Å². The maximum absolute atomic E-state index is 13.3. The Hall–Kier alpha value is -2.06. The van der Waals surface area contributed by atoms with Crippen molar-refractivity contribution in [2.75, 3.05) is 0 Å². The smallest absolute Gasteiger partial charge is 0.148 e. The Morgan fingerprint density at radius 3 is 2.88 bits per heavy atom. The molecule has 1 aromatic heterocycles. The highest BCUT2D eigenvalue weighted by atomic mass is 32.1. The summed E-state index contributed by atoms with van der Waals surface area (Å²) in [7, 11) is 0. The van der Waals surface area contributed by atoms with Crippen LogP contribution in [0, 0.1) is 17.1 Å². The number of nitrogens with zero attached hydrogens (tertiary/aromatic N) is 1. The van der Waals surface area contributed by atoms with Crippen molar-refractivity contribution in [2.24, 2.45) is 0 Å². The number of ether oxygens (including phenoxy) is 1. The molecule has 1 N–H and O–H groups in total. The van der Waals surface area contributed by atoms with Crippen molar-refractivity contribution in [1.29, 1.82) is 5.26 Å². The molecule has 0 aliphatic rings. The van der Waals surface area contributed by atoms with Crippen molar-refractivity contribution in [3.63, 3.8) is 0 Å². The third-order valence-corrected chi connectivity index (χ3v) is 2.87. The Balaban J connectivity index is 2.15. The van der Waals surface area contributed by atoms with E-state index in [1.807, 2.05) is 16.8 Å². The van der Waals surface area contributed by atoms with E-state index in [1.54, 1.807) is 17.4 Å². The van der Waals surface area contributed by atoms with Crippen LogP contribution in [0.25, 0.3) is 0 Å². The van der Waals surface area contributed by atoms with Gasteiger partial charge in [-0.25, -0.2) is 4.39 Å². The van der Waals surface area contributed by atoms with Crippen LogP contribution in [0.3, 0.4) is 0 Å². The Morgan fingerprint density at radius 1 is 1.47 bits per heavy atom. The molecule has 0 radical (unpaired) electrons. The van der Waals surface area contributed by atoms with Crippen molar-refractivity contribution in [3.05, 3.63) is 45.9 Å². The quantitative estimate of drug-likeness (QED) is 0.909. The molecule has 0 spiro atoms. The molecule has 0 atom stereocenters. The molecule has 2 aromatic rings. The van der Waals surface area contributed by atoms with Gasteiger partial charge in [-0.3, -0.25) is 0 Å². The van der Waals surface area contributed by atoms with E-state index in [1.165, 1.54) is 6.07 Å². The zero-order valence-corrected chi connectivity index (χ0v) is 9.50. The third kappa shape index (κ3) is 2.55. The number of hydrogen-bond donors (Lipinski definition) is 1. The normalized spacial score (nSPS) is 9.88. The zero-order chi connectivity index (χ0) is 12.3. The Kier molecular flexibility index (Phi) is 3.26. The number of halogens is 1. The molecule has 1 heterocycles. The molecule has 0 saturated carbocycles. The molecule has 3 nitrogen and oxygen atoms in total. The minimum absolute atomic E-state index is 0.199. The van der Waals surface area contributed by atoms with Crippen LogP contribution in [0.5, 0.6) is 11.5 Å². The lowest BCUT2D eigenvalue weighted by atomic mass is 10.2. The number of aromatic hydroxyl groups is 1. The standard InChI is InChI=1S/C12H8FNO2S/c13-11-3-9(4-12(15)10(11)5-14)16-6-8-1-2-17-7-8/h1-4,7,15H,6H2. The molecule has 86 valence electrons. The molecule has 0 amide bonds. The van der Waals surface area contributed by atoms with Gasteiger partial charge in [0.1, 0.15) is 35.6 Å². The predicted molar refractivity (Wildman–Crippen MR) is 61.4 cm³/mol. The van der Waals surface area contributed by atoms with Crippen molar-refractivity contribution in [2.45, 2.75) is 6.61 Å². The second kappa shape index (κ2) is 4.85. The molecule has 0 unspecified atom stereocenters. The lowest BCUT2D eigenvalue weighted by molar-refractivity contribution is 0.303. The van der Waals surface area contributed by atoms with Crippen molar-refractivity contribution in [1.82, 2.24) is 0 Å². The summed E-state index contributed by atoms with van der Waals surface area (Å²) in [5.74, 6) is -0.995. The summed E-state index contributed by atoms with van der Waals surface area (Å²) in [4.78, 5) is 0. The number of nitriles is 1. The lowest BCUT2D eigenvalue weighted by Crippen LogP contribution is -1.95. The first kappa shape index (κ1) is 11.4. The van der Waals surface area contributed by atoms with Crippen LogP contribution >= 0.6 is 11.3 Å². The van der Waals surface area contributed by atoms with Gasteiger partial charge in [0.25, 0.3) is 0 Å². The number of phenols is 1. The molecule has 0 aliphatic carbocycles. The average Bonchev–Trinajstić information content (AvgIpc) is 2.79. The molecule has 17 heavy (non-hydrogen) atoms. The first-order valence-electron chi connectivity index (χ1n) is 4.77. The first-order chi connectivity index (χ1) is 8.20. The highest BCUT2D eigenvalue weighted by Crippen LogP contribution is 2.26. The summed E-state index contributed by atoms with van der Waals surface area (Å²) in [5.41, 5.74) is 0.604. The first-order valence-corrected chi connectivity index (χ1v) is 5.71. The van der Waals surface area contributed by atoms with E-state index < -0.39 is 11.6 Å². The summed E-state index contributed by atoms with van der Waals surface area (Å²) >= 11 is 1.54. The number of thiophene rings is 1. The minimum atomic E-state index is -0.784. The van der Waals surface area contributed by atoms with Crippen LogP contribution in [-0.4, -0.2) is 5.11 Å². The topological polar surface area (TPSA) is 53.2 Å². The van der Waals surface area contributed by atoms with Crippen LogP contribution < -0.4 is 4.74 Å². The van der Waals surface area contributed by atoms with Gasteiger partial charge in [-0.15, -0.1) is 0 Å². The Morgan fingerprint density at radius 2 is 2.29 bits per heavy atom. The van der Waals surface area contributed by atoms with Gasteiger partial charge in [0, 0.05) is 12.1 Å². The van der Waals surface area contributed by atoms with E-state index in [0.717, 1.165) is 11.6 Å². The van der Waals surface area contributed by atoms with Crippen LogP contribution in [0.15, 0.2) is 29.0 Å². The maximum Gasteiger partial charge on any atom is 0.148 e. The van der Waals surface area contributed by atoms with Crippen molar-refractivity contribution < 1.29 is 14.2 Å². The molecule has 0 bridgehead atoms. The molecule has 5 heteroatoms. The SMILES string of the molecule is N#Cc1c(O)cc(OCc2ccsc2)cc1F. The van der Waals surface area contributed by atoms with Gasteiger partial charge < -0.3 is 9.84 Å². The highest BCUT2D eigenvalue weighted by Gasteiger charge is 2.10. The number of rotatable bonds is 3. The molecule has 1 aromatic carbocycles. The minimum Gasteiger partial charge on any atom is -0.506 e. The zero-order valence-electron chi connectivity index (χ0n) is 8.68. The predicted octanol–water partition coefficient (Wildman–Crippen LogP) is 3.04. The molecular weight excluding hydrogens is 241 g/mol. The molecule has 2 rings (SSSR count). The van der Waals surface area contributed by atoms with E-state index in [4.69, 9.17) is 10.00 Å². The fraction of sp³-hybridized carbons (Fsp3) is 0.0833. The van der Waals surface area contributed by atoms with E-state index in [-0.39, 0.29) is 11.3 Å². The van der Waals surface area contributed by atoms with Gasteiger partial charge in [-0.2, -0.15) is 16.6 Å². The maximum atomic E-state index is 13.3. The fourth-order valence-corrected chi connectivity index (χ4v) is 1.96. The summed E-state index contributed by atoms with van der Waals surface area (Å²) in [5, 5.41) is 21.8. The van der Waals surface area contributed by atoms with Gasteiger partial charge in [0.05, 0.1) is 0 Å². The highest BCUT2D eigenvalue weighted by molar-refractivity contribution is 7.07. The summed E-state index contributed by atoms with van der Waals surface area (Å²) < 4.78 is 18.6. The van der Waals surface area contributed by atoms with Crippen LogP contribution in [-0.2, 0) is 6.61 Å². The van der Waals surface area contributed by atoms with Crippen LogP contribution in [0.2, 0.25) is 0 Å². The molecular formula is C12H8FNO2S. The van der Waals surface area contributed by atoms with Gasteiger partial charge in [0.2, 0.25) is 0 Å². The van der Waals surface area contributed by atoms with E-state index in [2.05, 4.69) is 0 Å². The van der Waals surface area contributed by atoms with E-state index >= 15 is 0 Å². The second-order valence-electron chi connectivity index (χ2n) is 3.33. The Bertz CT molecular complexity index is 537. The summed E-state index contributed by atoms with van der Waals surface area (Å²) in [6, 6.07) is 5.79. The number of phenolic OH excluding ortho intramolecular Hbond substituents is 1. The van der Waals surface area contributed by atoms with Gasteiger partial charge in [-0.1, -0.05) is 0 Å². The van der Waals surface area contributed by atoms with Gasteiger partial charge in [-0.05, 0) is 22.4 Å². The monoisotopic (exact) mass is 249 g/mol. The Labute approximate surface area is 101 Å². The molecule has 0 saturated heterocycles. The van der Waals surface area contributed by atoms with Crippen LogP contribution in [0.4, 0.5) is 4.39 Å². The second-order valence-corrected chi connectivity index (χ2v) is 4.11. The largest absolute Gasteiger partial charge is 0.506 e. The third-order valence-electron chi connectivity index (χ3n) is 2.14. The van der Waals surface area contributed by atoms with Crippen molar-refractivity contribution in [3.8, 4) is 17.6 Å². The number of benzene rings is 1. The van der Waals surface area contributed by atoms with Crippen LogP contribution in [0.1, 0.15) is 11.1 Å². The molecule has 0 aliphatic heterocycles. The van der Waals surface area contributed by atoms with E-state index in [0.29, 0.717) is 6.61 Å². The van der Waals surface area contributed by atoms with Gasteiger partial charge >= 0.3 is 0 Å². The van der Waals surface area contributed by atoms with Gasteiger partial charge in [0.15, 0.2) is 0 Å². The summed E-state index contributed by atoms with van der Waals surface area (Å²) in [6.45, 7) is 0.300. The lowest BCUT2D eigenvalue weighted by Gasteiger charge is -2.06. The average molecular weight is 249 g/mol. The fourth-order valence-electron chi connectivity index (χ4n) is 1.30. The van der Waals surface area contributed by atoms with E-state index in [9.17, 15) is 9.50 Å². The number of hydrogen-bond acceptors (Lipinski definition) is 4. The summed E-state index contributed by atoms with van der Waals surface area (Å²) in [6.07, 6.45) is 0. The molecule has 0 fully saturated rings.